The molecule has 3 saturated heterocycles. The highest BCUT2D eigenvalue weighted by Crippen LogP contribution is 2.29. The van der Waals surface area contributed by atoms with Gasteiger partial charge >= 0.3 is 0 Å². The van der Waals surface area contributed by atoms with Gasteiger partial charge in [-0.2, -0.15) is 0 Å². The lowest BCUT2D eigenvalue weighted by atomic mass is 9.84. The number of hydrogen-bond donors (Lipinski definition) is 1. The molecule has 1 atom stereocenters. The van der Waals surface area contributed by atoms with E-state index in [9.17, 15) is 9.59 Å². The second kappa shape index (κ2) is 9.24. The van der Waals surface area contributed by atoms with Crippen LogP contribution in [-0.2, 0) is 9.59 Å². The third kappa shape index (κ3) is 4.82. The van der Waals surface area contributed by atoms with Crippen LogP contribution in [0.25, 0.3) is 0 Å². The fourth-order valence-electron chi connectivity index (χ4n) is 3.90. The highest BCUT2D eigenvalue weighted by molar-refractivity contribution is 7.98. The first kappa shape index (κ1) is 19.7. The average molecular weight is 386 g/mol. The summed E-state index contributed by atoms with van der Waals surface area (Å²) in [6.45, 7) is 3.20. The molecular weight excluding hydrogens is 358 g/mol. The van der Waals surface area contributed by atoms with Crippen molar-refractivity contribution in [3.63, 3.8) is 0 Å². The van der Waals surface area contributed by atoms with Crippen molar-refractivity contribution in [2.45, 2.75) is 23.8 Å². The summed E-state index contributed by atoms with van der Waals surface area (Å²) in [7, 11) is 1.92. The van der Waals surface area contributed by atoms with Gasteiger partial charge in [0.05, 0.1) is 11.3 Å². The number of anilines is 1. The number of fused-ring (bicyclic) bond motifs is 3. The van der Waals surface area contributed by atoms with E-state index in [2.05, 4.69) is 16.3 Å². The molecule has 3 fully saturated rings. The smallest absolute Gasteiger partial charge is 0.253 e. The monoisotopic (exact) mass is 385 g/mol. The van der Waals surface area contributed by atoms with E-state index in [4.69, 9.17) is 0 Å². The Kier molecular flexibility index (Phi) is 6.74. The zero-order chi connectivity index (χ0) is 19.2. The third-order valence-corrected chi connectivity index (χ3v) is 6.17. The number of piperidine rings is 3. The third-order valence-electron chi connectivity index (χ3n) is 5.39. The van der Waals surface area contributed by atoms with E-state index in [1.165, 1.54) is 6.08 Å². The summed E-state index contributed by atoms with van der Waals surface area (Å²) in [4.78, 5) is 29.2. The predicted molar refractivity (Wildman–Crippen MR) is 111 cm³/mol. The lowest BCUT2D eigenvalue weighted by Crippen LogP contribution is -2.57. The molecule has 1 unspecified atom stereocenters. The van der Waals surface area contributed by atoms with Crippen molar-refractivity contribution < 1.29 is 9.59 Å². The van der Waals surface area contributed by atoms with Crippen LogP contribution in [0.2, 0.25) is 0 Å². The van der Waals surface area contributed by atoms with Gasteiger partial charge in [0.15, 0.2) is 0 Å². The molecule has 6 heteroatoms. The molecule has 3 heterocycles. The Morgan fingerprint density at radius 3 is 2.67 bits per heavy atom. The van der Waals surface area contributed by atoms with Crippen LogP contribution in [0.5, 0.6) is 0 Å². The number of hydrogen-bond acceptors (Lipinski definition) is 5. The normalized spacial score (nSPS) is 24.8. The first-order valence-corrected chi connectivity index (χ1v) is 10.6. The number of carbonyl (C=O) groups is 2. The van der Waals surface area contributed by atoms with E-state index in [0.717, 1.165) is 43.1 Å². The molecule has 4 rings (SSSR count). The predicted octanol–water partition coefficient (Wildman–Crippen LogP) is 2.69. The summed E-state index contributed by atoms with van der Waals surface area (Å²) in [6.07, 6.45) is 9.78. The average Bonchev–Trinajstić information content (AvgIpc) is 2.71. The molecule has 0 aromatic heterocycles. The number of nitrogens with one attached hydrogen (secondary N) is 1. The van der Waals surface area contributed by atoms with Crippen LogP contribution in [-0.4, -0.2) is 56.1 Å². The Bertz CT molecular complexity index is 739. The van der Waals surface area contributed by atoms with Crippen molar-refractivity contribution in [2.24, 2.45) is 5.92 Å². The molecule has 0 radical (unpaired) electrons. The van der Waals surface area contributed by atoms with Crippen LogP contribution in [0.3, 0.4) is 0 Å². The van der Waals surface area contributed by atoms with Crippen molar-refractivity contribution in [3.05, 3.63) is 48.2 Å². The van der Waals surface area contributed by atoms with E-state index in [1.54, 1.807) is 24.0 Å². The zero-order valence-corrected chi connectivity index (χ0v) is 16.7. The molecule has 144 valence electrons. The van der Waals surface area contributed by atoms with Gasteiger partial charge in [0.1, 0.15) is 6.29 Å². The fraction of sp³-hybridized carbons (Fsp3) is 0.429. The molecular formula is C21H27N3O2S. The molecule has 2 bridgehead atoms. The molecule has 0 saturated carbocycles. The molecule has 0 aliphatic carbocycles. The van der Waals surface area contributed by atoms with Crippen molar-refractivity contribution in [1.82, 2.24) is 10.2 Å². The van der Waals surface area contributed by atoms with Crippen LogP contribution < -0.4 is 10.2 Å². The van der Waals surface area contributed by atoms with Gasteiger partial charge in [0.25, 0.3) is 5.91 Å². The second-order valence-corrected chi connectivity index (χ2v) is 7.93. The Hall–Kier alpha value is -2.05. The van der Waals surface area contributed by atoms with Gasteiger partial charge in [-0.15, -0.1) is 11.8 Å². The molecule has 3 aliphatic heterocycles. The van der Waals surface area contributed by atoms with Crippen LogP contribution in [0.15, 0.2) is 53.1 Å². The van der Waals surface area contributed by atoms with Crippen molar-refractivity contribution >= 4 is 29.6 Å². The summed E-state index contributed by atoms with van der Waals surface area (Å²) in [5.74, 6) is 0.436. The van der Waals surface area contributed by atoms with E-state index < -0.39 is 0 Å². The number of allylic oxidation sites excluding steroid dienone is 1. The van der Waals surface area contributed by atoms with Gasteiger partial charge in [0, 0.05) is 30.7 Å². The maximum atomic E-state index is 12.9. The number of amides is 1. The molecule has 1 aromatic rings. The SMILES string of the molecule is CSc1ccccc1N(C)/C=C(\C=C/C=O)C(=O)NC1CN2CCC1CC2. The topological polar surface area (TPSA) is 52.7 Å². The molecule has 1 N–H and O–H groups in total. The molecule has 1 amide bonds. The van der Waals surface area contributed by atoms with Crippen molar-refractivity contribution in [3.8, 4) is 0 Å². The van der Waals surface area contributed by atoms with E-state index in [1.807, 2.05) is 36.4 Å². The quantitative estimate of drug-likeness (QED) is 0.338. The maximum absolute atomic E-state index is 12.9. The number of rotatable bonds is 7. The highest BCUT2D eigenvalue weighted by atomic mass is 32.2. The van der Waals surface area contributed by atoms with Crippen LogP contribution >= 0.6 is 11.8 Å². The van der Waals surface area contributed by atoms with Crippen LogP contribution in [0.1, 0.15) is 12.8 Å². The number of thioether (sulfide) groups is 1. The lowest BCUT2D eigenvalue weighted by Gasteiger charge is -2.45. The summed E-state index contributed by atoms with van der Waals surface area (Å²) >= 11 is 1.66. The Labute approximate surface area is 165 Å². The number of para-hydroxylation sites is 1. The molecule has 3 aliphatic rings. The van der Waals surface area contributed by atoms with Crippen molar-refractivity contribution in [2.75, 3.05) is 37.8 Å². The van der Waals surface area contributed by atoms with Gasteiger partial charge in [-0.05, 0) is 62.4 Å². The number of aldehydes is 1. The van der Waals surface area contributed by atoms with Gasteiger partial charge in [-0.25, -0.2) is 0 Å². The molecule has 5 nitrogen and oxygen atoms in total. The van der Waals surface area contributed by atoms with Crippen molar-refractivity contribution in [1.29, 1.82) is 0 Å². The molecule has 27 heavy (non-hydrogen) atoms. The fourth-order valence-corrected chi connectivity index (χ4v) is 4.54. The van der Waals surface area contributed by atoms with E-state index in [0.29, 0.717) is 17.8 Å². The van der Waals surface area contributed by atoms with Crippen LogP contribution in [0, 0.1) is 5.92 Å². The van der Waals surface area contributed by atoms with E-state index >= 15 is 0 Å². The minimum Gasteiger partial charge on any atom is -0.349 e. The largest absolute Gasteiger partial charge is 0.349 e. The summed E-state index contributed by atoms with van der Waals surface area (Å²) < 4.78 is 0. The van der Waals surface area contributed by atoms with Gasteiger partial charge < -0.3 is 15.1 Å². The van der Waals surface area contributed by atoms with Gasteiger partial charge in [0.2, 0.25) is 0 Å². The number of benzene rings is 1. The minimum absolute atomic E-state index is 0.125. The Balaban J connectivity index is 1.78. The summed E-state index contributed by atoms with van der Waals surface area (Å²) in [6, 6.07) is 8.25. The standard InChI is InChI=1S/C21H27N3O2S/c1-23(19-7-3-4-8-20(19)27-2)14-17(6-5-13-25)21(26)22-18-15-24-11-9-16(18)10-12-24/h3-8,13-14,16,18H,9-12,15H2,1-2H3,(H,22,26)/b6-5-,17-14+. The zero-order valence-electron chi connectivity index (χ0n) is 15.9. The van der Waals surface area contributed by atoms with Gasteiger partial charge in [-0.1, -0.05) is 12.1 Å². The number of nitrogens with zero attached hydrogens (tertiary/aromatic N) is 2. The van der Waals surface area contributed by atoms with Gasteiger partial charge in [-0.3, -0.25) is 9.59 Å². The Morgan fingerprint density at radius 1 is 1.30 bits per heavy atom. The van der Waals surface area contributed by atoms with E-state index in [-0.39, 0.29) is 11.9 Å². The minimum atomic E-state index is -0.125. The maximum Gasteiger partial charge on any atom is 0.253 e. The molecule has 0 spiro atoms. The first-order chi connectivity index (χ1) is 13.1. The Morgan fingerprint density at radius 2 is 2.04 bits per heavy atom. The number of carbonyl (C=O) groups excluding carboxylic acids is 2. The molecule has 1 aromatic carbocycles. The summed E-state index contributed by atoms with van der Waals surface area (Å²) in [5.41, 5.74) is 1.51. The van der Waals surface area contributed by atoms with Crippen LogP contribution in [0.4, 0.5) is 5.69 Å². The summed E-state index contributed by atoms with van der Waals surface area (Å²) in [5, 5.41) is 3.20. The second-order valence-electron chi connectivity index (χ2n) is 7.08. The lowest BCUT2D eigenvalue weighted by molar-refractivity contribution is -0.119. The first-order valence-electron chi connectivity index (χ1n) is 9.35. The highest BCUT2D eigenvalue weighted by Gasteiger charge is 2.35.